The standard InChI is InChI=1S/C15H21NO2/c1-17-12-7-8-13(18-2)15-14(12)11-6-4-3-5-10(11)9-16-15/h7-8,10-11,16H,3-6,9H2,1-2H3. The van der Waals surface area contributed by atoms with Crippen molar-refractivity contribution in [2.24, 2.45) is 5.92 Å². The lowest BCUT2D eigenvalue weighted by Crippen LogP contribution is -2.30. The second kappa shape index (κ2) is 4.71. The fourth-order valence-corrected chi connectivity index (χ4v) is 3.54. The quantitative estimate of drug-likeness (QED) is 0.868. The largest absolute Gasteiger partial charge is 0.496 e. The Kier molecular flexibility index (Phi) is 3.06. The molecule has 0 bridgehead atoms. The summed E-state index contributed by atoms with van der Waals surface area (Å²) in [6, 6.07) is 4.03. The van der Waals surface area contributed by atoms with Crippen molar-refractivity contribution in [2.45, 2.75) is 31.6 Å². The van der Waals surface area contributed by atoms with Crippen LogP contribution in [0.5, 0.6) is 11.5 Å². The fraction of sp³-hybridized carbons (Fsp3) is 0.600. The molecule has 0 saturated heterocycles. The Morgan fingerprint density at radius 2 is 1.78 bits per heavy atom. The van der Waals surface area contributed by atoms with Gasteiger partial charge >= 0.3 is 0 Å². The van der Waals surface area contributed by atoms with Crippen LogP contribution in [-0.2, 0) is 0 Å². The molecular formula is C15H21NO2. The van der Waals surface area contributed by atoms with Crippen LogP contribution in [0, 0.1) is 5.92 Å². The molecule has 3 nitrogen and oxygen atoms in total. The highest BCUT2D eigenvalue weighted by molar-refractivity contribution is 5.69. The highest BCUT2D eigenvalue weighted by atomic mass is 16.5. The van der Waals surface area contributed by atoms with Crippen LogP contribution in [0.2, 0.25) is 0 Å². The molecule has 2 atom stereocenters. The molecule has 1 N–H and O–H groups in total. The molecule has 3 rings (SSSR count). The van der Waals surface area contributed by atoms with Crippen LogP contribution in [0.3, 0.4) is 0 Å². The van der Waals surface area contributed by atoms with E-state index in [2.05, 4.69) is 5.32 Å². The van der Waals surface area contributed by atoms with Gasteiger partial charge in [0.05, 0.1) is 19.9 Å². The maximum Gasteiger partial charge on any atom is 0.142 e. The van der Waals surface area contributed by atoms with Crippen LogP contribution in [-0.4, -0.2) is 20.8 Å². The minimum atomic E-state index is 0.639. The third-order valence-corrected chi connectivity index (χ3v) is 4.43. The van der Waals surface area contributed by atoms with Crippen LogP contribution in [0.15, 0.2) is 12.1 Å². The monoisotopic (exact) mass is 247 g/mol. The molecule has 0 aromatic heterocycles. The molecule has 1 fully saturated rings. The first kappa shape index (κ1) is 11.7. The van der Waals surface area contributed by atoms with Crippen LogP contribution in [0.1, 0.15) is 37.2 Å². The summed E-state index contributed by atoms with van der Waals surface area (Å²) in [6.07, 6.45) is 5.31. The Morgan fingerprint density at radius 1 is 1.06 bits per heavy atom. The van der Waals surface area contributed by atoms with Crippen LogP contribution in [0.4, 0.5) is 5.69 Å². The van der Waals surface area contributed by atoms with Crippen molar-refractivity contribution >= 4 is 5.69 Å². The molecule has 1 heterocycles. The Balaban J connectivity index is 2.09. The predicted octanol–water partition coefficient (Wildman–Crippen LogP) is 3.40. The molecule has 2 unspecified atom stereocenters. The summed E-state index contributed by atoms with van der Waals surface area (Å²) in [5, 5.41) is 3.55. The predicted molar refractivity (Wildman–Crippen MR) is 72.7 cm³/mol. The van der Waals surface area contributed by atoms with Gasteiger partial charge in [-0.2, -0.15) is 0 Å². The van der Waals surface area contributed by atoms with E-state index in [1.165, 1.54) is 31.2 Å². The number of anilines is 1. The Morgan fingerprint density at radius 3 is 2.56 bits per heavy atom. The smallest absolute Gasteiger partial charge is 0.142 e. The normalized spacial score (nSPS) is 25.7. The highest BCUT2D eigenvalue weighted by Gasteiger charge is 2.35. The maximum absolute atomic E-state index is 5.57. The van der Waals surface area contributed by atoms with E-state index in [1.54, 1.807) is 14.2 Å². The van der Waals surface area contributed by atoms with Crippen LogP contribution >= 0.6 is 0 Å². The Bertz CT molecular complexity index is 444. The molecule has 1 aliphatic carbocycles. The first-order chi connectivity index (χ1) is 8.85. The van der Waals surface area contributed by atoms with Crippen molar-refractivity contribution in [1.82, 2.24) is 0 Å². The summed E-state index contributed by atoms with van der Waals surface area (Å²) in [4.78, 5) is 0. The average Bonchev–Trinajstić information content (AvgIpc) is 2.45. The lowest BCUT2D eigenvalue weighted by molar-refractivity contribution is 0.299. The van der Waals surface area contributed by atoms with Gasteiger partial charge in [0.25, 0.3) is 0 Å². The van der Waals surface area contributed by atoms with Gasteiger partial charge in [-0.05, 0) is 36.8 Å². The van der Waals surface area contributed by atoms with E-state index >= 15 is 0 Å². The van der Waals surface area contributed by atoms with E-state index in [0.717, 1.165) is 29.6 Å². The number of hydrogen-bond acceptors (Lipinski definition) is 3. The number of nitrogens with one attached hydrogen (secondary N) is 1. The van der Waals surface area contributed by atoms with Gasteiger partial charge in [0, 0.05) is 12.1 Å². The molecule has 0 radical (unpaired) electrons. The van der Waals surface area contributed by atoms with Crippen molar-refractivity contribution in [1.29, 1.82) is 0 Å². The van der Waals surface area contributed by atoms with Gasteiger partial charge in [-0.25, -0.2) is 0 Å². The van der Waals surface area contributed by atoms with Crippen molar-refractivity contribution < 1.29 is 9.47 Å². The SMILES string of the molecule is COc1ccc(OC)c2c1NCC1CCCCC21. The summed E-state index contributed by atoms with van der Waals surface area (Å²) >= 11 is 0. The number of ether oxygens (including phenoxy) is 2. The van der Waals surface area contributed by atoms with Crippen LogP contribution < -0.4 is 14.8 Å². The highest BCUT2D eigenvalue weighted by Crippen LogP contribution is 2.50. The van der Waals surface area contributed by atoms with Crippen molar-refractivity contribution in [3.8, 4) is 11.5 Å². The molecule has 0 spiro atoms. The molecule has 18 heavy (non-hydrogen) atoms. The third kappa shape index (κ3) is 1.73. The molecule has 2 aliphatic rings. The number of fused-ring (bicyclic) bond motifs is 3. The van der Waals surface area contributed by atoms with Gasteiger partial charge in [0.2, 0.25) is 0 Å². The van der Waals surface area contributed by atoms with Gasteiger partial charge in [0.15, 0.2) is 0 Å². The van der Waals surface area contributed by atoms with E-state index < -0.39 is 0 Å². The lowest BCUT2D eigenvalue weighted by Gasteiger charge is -2.39. The summed E-state index contributed by atoms with van der Waals surface area (Å²) in [5.74, 6) is 3.34. The summed E-state index contributed by atoms with van der Waals surface area (Å²) < 4.78 is 11.0. The molecule has 0 amide bonds. The lowest BCUT2D eigenvalue weighted by atomic mass is 9.72. The average molecular weight is 247 g/mol. The summed E-state index contributed by atoms with van der Waals surface area (Å²) in [7, 11) is 3.49. The maximum atomic E-state index is 5.57. The number of hydrogen-bond donors (Lipinski definition) is 1. The molecule has 98 valence electrons. The van der Waals surface area contributed by atoms with E-state index in [1.807, 2.05) is 12.1 Å². The van der Waals surface area contributed by atoms with Crippen molar-refractivity contribution in [3.05, 3.63) is 17.7 Å². The number of methoxy groups -OCH3 is 2. The summed E-state index contributed by atoms with van der Waals surface area (Å²) in [6.45, 7) is 1.07. The van der Waals surface area contributed by atoms with E-state index in [9.17, 15) is 0 Å². The minimum absolute atomic E-state index is 0.639. The van der Waals surface area contributed by atoms with E-state index in [-0.39, 0.29) is 0 Å². The second-order valence-corrected chi connectivity index (χ2v) is 5.29. The second-order valence-electron chi connectivity index (χ2n) is 5.29. The molecule has 3 heteroatoms. The zero-order chi connectivity index (χ0) is 12.5. The van der Waals surface area contributed by atoms with Gasteiger partial charge in [-0.1, -0.05) is 12.8 Å². The van der Waals surface area contributed by atoms with E-state index in [4.69, 9.17) is 9.47 Å². The van der Waals surface area contributed by atoms with E-state index in [0.29, 0.717) is 5.92 Å². The topological polar surface area (TPSA) is 30.5 Å². The number of benzene rings is 1. The first-order valence-corrected chi connectivity index (χ1v) is 6.84. The fourth-order valence-electron chi connectivity index (χ4n) is 3.54. The Hall–Kier alpha value is -1.38. The van der Waals surface area contributed by atoms with Gasteiger partial charge in [-0.15, -0.1) is 0 Å². The van der Waals surface area contributed by atoms with Gasteiger partial charge in [0.1, 0.15) is 11.5 Å². The molecule has 1 saturated carbocycles. The van der Waals surface area contributed by atoms with Gasteiger partial charge < -0.3 is 14.8 Å². The molecule has 1 aliphatic heterocycles. The zero-order valence-electron chi connectivity index (χ0n) is 11.2. The minimum Gasteiger partial charge on any atom is -0.496 e. The Labute approximate surface area is 108 Å². The van der Waals surface area contributed by atoms with Gasteiger partial charge in [-0.3, -0.25) is 0 Å². The van der Waals surface area contributed by atoms with Crippen molar-refractivity contribution in [3.63, 3.8) is 0 Å². The zero-order valence-corrected chi connectivity index (χ0v) is 11.2. The summed E-state index contributed by atoms with van der Waals surface area (Å²) in [5.41, 5.74) is 2.49. The molecule has 1 aromatic carbocycles. The molecule has 1 aromatic rings. The number of rotatable bonds is 2. The van der Waals surface area contributed by atoms with Crippen molar-refractivity contribution in [2.75, 3.05) is 26.1 Å². The first-order valence-electron chi connectivity index (χ1n) is 6.84. The third-order valence-electron chi connectivity index (χ3n) is 4.43. The molecular weight excluding hydrogens is 226 g/mol. The van der Waals surface area contributed by atoms with Crippen LogP contribution in [0.25, 0.3) is 0 Å².